The van der Waals surface area contributed by atoms with E-state index >= 15 is 0 Å². The van der Waals surface area contributed by atoms with E-state index in [9.17, 15) is 4.79 Å². The van der Waals surface area contributed by atoms with Gasteiger partial charge in [-0.15, -0.1) is 0 Å². The summed E-state index contributed by atoms with van der Waals surface area (Å²) in [6, 6.07) is 19.3. The van der Waals surface area contributed by atoms with Crippen LogP contribution >= 0.6 is 0 Å². The molecule has 1 amide bonds. The number of hydrogen-bond donors (Lipinski definition) is 1. The van der Waals surface area contributed by atoms with Gasteiger partial charge in [0.2, 0.25) is 6.54 Å². The van der Waals surface area contributed by atoms with Crippen LogP contribution in [0.4, 0.5) is 5.69 Å². The van der Waals surface area contributed by atoms with Gasteiger partial charge in [-0.3, -0.25) is 4.79 Å². The highest BCUT2D eigenvalue weighted by atomic mass is 16.5. The van der Waals surface area contributed by atoms with Crippen molar-refractivity contribution >= 4 is 11.6 Å². The Hall–Kier alpha value is -3.34. The molecule has 5 heteroatoms. The number of hydrogen-bond acceptors (Lipinski definition) is 3. The van der Waals surface area contributed by atoms with Crippen molar-refractivity contribution in [3.8, 4) is 22.6 Å². The molecular formula is C21H21N2O3+. The lowest BCUT2D eigenvalue weighted by Gasteiger charge is -2.11. The average Bonchev–Trinajstić information content (AvgIpc) is 2.68. The van der Waals surface area contributed by atoms with E-state index in [-0.39, 0.29) is 12.5 Å². The molecule has 1 heterocycles. The monoisotopic (exact) mass is 349 g/mol. The molecule has 26 heavy (non-hydrogen) atoms. The van der Waals surface area contributed by atoms with Crippen LogP contribution in [-0.4, -0.2) is 20.1 Å². The molecule has 2 aromatic carbocycles. The lowest BCUT2D eigenvalue weighted by atomic mass is 10.1. The number of nitrogens with zero attached hydrogens (tertiary/aromatic N) is 1. The van der Waals surface area contributed by atoms with E-state index < -0.39 is 0 Å². The molecule has 0 unspecified atom stereocenters. The third-order valence-corrected chi connectivity index (χ3v) is 3.97. The first-order valence-electron chi connectivity index (χ1n) is 8.26. The summed E-state index contributed by atoms with van der Waals surface area (Å²) in [7, 11) is 3.15. The largest absolute Gasteiger partial charge is 0.497 e. The number of carbonyl (C=O) groups is 1. The smallest absolute Gasteiger partial charge is 0.290 e. The normalized spacial score (nSPS) is 10.2. The van der Waals surface area contributed by atoms with E-state index in [0.717, 1.165) is 11.1 Å². The quantitative estimate of drug-likeness (QED) is 0.695. The third-order valence-electron chi connectivity index (χ3n) is 3.97. The maximum atomic E-state index is 12.5. The Balaban J connectivity index is 1.75. The minimum atomic E-state index is -0.147. The van der Waals surface area contributed by atoms with Crippen molar-refractivity contribution in [1.29, 1.82) is 0 Å². The molecule has 0 saturated carbocycles. The number of ether oxygens (including phenoxy) is 2. The summed E-state index contributed by atoms with van der Waals surface area (Å²) in [6.07, 6.45) is 3.83. The number of aromatic nitrogens is 1. The standard InChI is InChI=1S/C21H20N2O3/c1-25-18-10-11-20(26-2)19(13-18)22-21(24)15-23-12-6-9-17(14-23)16-7-4-3-5-8-16/h3-14H,15H2,1-2H3/p+1. The van der Waals surface area contributed by atoms with Gasteiger partial charge in [-0.2, -0.15) is 4.57 Å². The van der Waals surface area contributed by atoms with Crippen molar-refractivity contribution < 1.29 is 18.8 Å². The zero-order chi connectivity index (χ0) is 18.4. The Bertz CT molecular complexity index is 895. The maximum Gasteiger partial charge on any atom is 0.290 e. The predicted octanol–water partition coefficient (Wildman–Crippen LogP) is 3.30. The van der Waals surface area contributed by atoms with Gasteiger partial charge in [0.25, 0.3) is 5.91 Å². The molecule has 3 rings (SSSR count). The molecule has 0 radical (unpaired) electrons. The number of methoxy groups -OCH3 is 2. The predicted molar refractivity (Wildman–Crippen MR) is 100 cm³/mol. The number of amides is 1. The Morgan fingerprint density at radius 3 is 2.46 bits per heavy atom. The molecule has 0 saturated heterocycles. The molecule has 0 aliphatic rings. The summed E-state index contributed by atoms with van der Waals surface area (Å²) in [5.41, 5.74) is 2.74. The lowest BCUT2D eigenvalue weighted by molar-refractivity contribution is -0.683. The first-order chi connectivity index (χ1) is 12.7. The molecule has 1 N–H and O–H groups in total. The van der Waals surface area contributed by atoms with Gasteiger partial charge in [0, 0.05) is 17.7 Å². The van der Waals surface area contributed by atoms with Crippen LogP contribution in [0.15, 0.2) is 73.1 Å². The number of pyridine rings is 1. The molecule has 0 fully saturated rings. The molecule has 0 bridgehead atoms. The topological polar surface area (TPSA) is 51.4 Å². The highest BCUT2D eigenvalue weighted by molar-refractivity contribution is 5.91. The molecule has 5 nitrogen and oxygen atoms in total. The summed E-state index contributed by atoms with van der Waals surface area (Å²) in [4.78, 5) is 12.5. The Kier molecular flexibility index (Phi) is 5.49. The van der Waals surface area contributed by atoms with Crippen LogP contribution in [-0.2, 0) is 11.3 Å². The Morgan fingerprint density at radius 2 is 1.73 bits per heavy atom. The van der Waals surface area contributed by atoms with Crippen LogP contribution in [0.25, 0.3) is 11.1 Å². The average molecular weight is 349 g/mol. The molecule has 0 spiro atoms. The van der Waals surface area contributed by atoms with Crippen molar-refractivity contribution in [2.75, 3.05) is 19.5 Å². The summed E-state index contributed by atoms with van der Waals surface area (Å²) in [5.74, 6) is 1.09. The van der Waals surface area contributed by atoms with Crippen LogP contribution in [0.2, 0.25) is 0 Å². The molecule has 0 aliphatic heterocycles. The lowest BCUT2D eigenvalue weighted by Crippen LogP contribution is -2.39. The van der Waals surface area contributed by atoms with E-state index in [2.05, 4.69) is 5.32 Å². The fourth-order valence-corrected chi connectivity index (χ4v) is 2.69. The van der Waals surface area contributed by atoms with E-state index in [1.54, 1.807) is 32.4 Å². The SMILES string of the molecule is COc1ccc(OC)c(NC(=O)C[n+]2cccc(-c3ccccc3)c2)c1. The minimum Gasteiger partial charge on any atom is -0.497 e. The summed E-state index contributed by atoms with van der Waals surface area (Å²) in [5, 5.41) is 2.88. The molecule has 0 atom stereocenters. The molecule has 0 aliphatic carbocycles. The highest BCUT2D eigenvalue weighted by Crippen LogP contribution is 2.28. The van der Waals surface area contributed by atoms with E-state index in [1.165, 1.54) is 0 Å². The fraction of sp³-hybridized carbons (Fsp3) is 0.143. The van der Waals surface area contributed by atoms with Gasteiger partial charge in [0.15, 0.2) is 12.4 Å². The number of rotatable bonds is 6. The van der Waals surface area contributed by atoms with Gasteiger partial charge in [-0.1, -0.05) is 30.3 Å². The zero-order valence-corrected chi connectivity index (χ0v) is 14.8. The van der Waals surface area contributed by atoms with Crippen molar-refractivity contribution in [2.45, 2.75) is 6.54 Å². The van der Waals surface area contributed by atoms with Crippen LogP contribution < -0.4 is 19.4 Å². The van der Waals surface area contributed by atoms with Gasteiger partial charge < -0.3 is 14.8 Å². The highest BCUT2D eigenvalue weighted by Gasteiger charge is 2.14. The summed E-state index contributed by atoms with van der Waals surface area (Å²) in [6.45, 7) is 0.195. The van der Waals surface area contributed by atoms with Gasteiger partial charge in [-0.25, -0.2) is 0 Å². The van der Waals surface area contributed by atoms with Crippen LogP contribution in [0.3, 0.4) is 0 Å². The Morgan fingerprint density at radius 1 is 0.962 bits per heavy atom. The van der Waals surface area contributed by atoms with Crippen molar-refractivity contribution in [2.24, 2.45) is 0 Å². The van der Waals surface area contributed by atoms with Crippen molar-refractivity contribution in [3.05, 3.63) is 73.1 Å². The second-order valence-corrected chi connectivity index (χ2v) is 5.75. The minimum absolute atomic E-state index is 0.147. The number of benzene rings is 2. The first kappa shape index (κ1) is 17.5. The van der Waals surface area contributed by atoms with Crippen molar-refractivity contribution in [3.63, 3.8) is 0 Å². The maximum absolute atomic E-state index is 12.5. The van der Waals surface area contributed by atoms with Crippen LogP contribution in [0, 0.1) is 0 Å². The number of carbonyl (C=O) groups excluding carboxylic acids is 1. The van der Waals surface area contributed by atoms with E-state index in [4.69, 9.17) is 9.47 Å². The molecule has 3 aromatic rings. The molecule has 132 valence electrons. The van der Waals surface area contributed by atoms with Crippen LogP contribution in [0.1, 0.15) is 0 Å². The summed E-state index contributed by atoms with van der Waals surface area (Å²) >= 11 is 0. The van der Waals surface area contributed by atoms with Gasteiger partial charge >= 0.3 is 0 Å². The first-order valence-corrected chi connectivity index (χ1v) is 8.26. The summed E-state index contributed by atoms with van der Waals surface area (Å²) < 4.78 is 12.4. The second-order valence-electron chi connectivity index (χ2n) is 5.75. The Labute approximate surface area is 152 Å². The van der Waals surface area contributed by atoms with E-state index in [1.807, 2.05) is 59.4 Å². The molecule has 1 aromatic heterocycles. The van der Waals surface area contributed by atoms with Crippen LogP contribution in [0.5, 0.6) is 11.5 Å². The van der Waals surface area contributed by atoms with E-state index in [0.29, 0.717) is 17.2 Å². The van der Waals surface area contributed by atoms with Gasteiger partial charge in [-0.05, 0) is 23.8 Å². The number of nitrogens with one attached hydrogen (secondary N) is 1. The third kappa shape index (κ3) is 4.19. The van der Waals surface area contributed by atoms with Gasteiger partial charge in [0.1, 0.15) is 11.5 Å². The van der Waals surface area contributed by atoms with Gasteiger partial charge in [0.05, 0.1) is 19.9 Å². The van der Waals surface area contributed by atoms with Crippen molar-refractivity contribution in [1.82, 2.24) is 0 Å². The fourth-order valence-electron chi connectivity index (χ4n) is 2.69. The molecular weight excluding hydrogens is 328 g/mol. The number of anilines is 1. The second kappa shape index (κ2) is 8.16. The zero-order valence-electron chi connectivity index (χ0n) is 14.8.